The van der Waals surface area contributed by atoms with Crippen LogP contribution in [0.25, 0.3) is 0 Å². The van der Waals surface area contributed by atoms with Gasteiger partial charge >= 0.3 is 12.1 Å². The highest BCUT2D eigenvalue weighted by Gasteiger charge is 2.38. The molecule has 0 saturated carbocycles. The molecule has 2 N–H and O–H groups in total. The first-order valence-corrected chi connectivity index (χ1v) is 13.0. The van der Waals surface area contributed by atoms with E-state index in [-0.39, 0.29) is 24.7 Å². The first kappa shape index (κ1) is 30.4. The standard InChI is InChI=1S/C21H26ClN3O4S.C2HF3O2/c1-29-20-4-2-3-17(15-20)16-24(21(26)18-5-7-19(22)8-6-18)13-14-30(27,28)25-11-9-23-10-12-25;3-2(4,5)1(6)7/h2-8,15,23H,9-14,16H2,1H3;(H,6,7). The molecule has 37 heavy (non-hydrogen) atoms. The van der Waals surface area contributed by atoms with Crippen molar-refractivity contribution in [1.82, 2.24) is 14.5 Å². The van der Waals surface area contributed by atoms with Crippen molar-refractivity contribution in [3.63, 3.8) is 0 Å². The van der Waals surface area contributed by atoms with E-state index >= 15 is 0 Å². The summed E-state index contributed by atoms with van der Waals surface area (Å²) in [6, 6.07) is 14.0. The summed E-state index contributed by atoms with van der Waals surface area (Å²) in [5, 5.41) is 10.8. The molecule has 3 rings (SSSR count). The van der Waals surface area contributed by atoms with Crippen LogP contribution in [0.1, 0.15) is 15.9 Å². The highest BCUT2D eigenvalue weighted by molar-refractivity contribution is 7.89. The maximum atomic E-state index is 13.1. The maximum absolute atomic E-state index is 13.1. The summed E-state index contributed by atoms with van der Waals surface area (Å²) in [4.78, 5) is 23.6. The van der Waals surface area contributed by atoms with Crippen molar-refractivity contribution in [3.05, 3.63) is 64.7 Å². The van der Waals surface area contributed by atoms with Gasteiger partial charge in [0.25, 0.3) is 5.91 Å². The summed E-state index contributed by atoms with van der Waals surface area (Å²) in [5.41, 5.74) is 1.32. The van der Waals surface area contributed by atoms with E-state index in [2.05, 4.69) is 5.32 Å². The van der Waals surface area contributed by atoms with E-state index in [4.69, 9.17) is 26.2 Å². The van der Waals surface area contributed by atoms with Gasteiger partial charge in [0.1, 0.15) is 5.75 Å². The van der Waals surface area contributed by atoms with Crippen LogP contribution in [-0.4, -0.2) is 86.4 Å². The third-order valence-corrected chi connectivity index (χ3v) is 7.32. The molecule has 1 saturated heterocycles. The van der Waals surface area contributed by atoms with Gasteiger partial charge in [0.15, 0.2) is 0 Å². The van der Waals surface area contributed by atoms with Crippen LogP contribution in [0, 0.1) is 0 Å². The van der Waals surface area contributed by atoms with Crippen LogP contribution < -0.4 is 10.1 Å². The number of ether oxygens (including phenoxy) is 1. The smallest absolute Gasteiger partial charge is 0.490 e. The van der Waals surface area contributed by atoms with E-state index in [9.17, 15) is 26.4 Å². The van der Waals surface area contributed by atoms with Crippen LogP contribution in [0.3, 0.4) is 0 Å². The number of aliphatic carboxylic acids is 1. The van der Waals surface area contributed by atoms with Crippen LogP contribution in [0.5, 0.6) is 5.75 Å². The van der Waals surface area contributed by atoms with Crippen LogP contribution in [0.15, 0.2) is 48.5 Å². The number of sulfonamides is 1. The third kappa shape index (κ3) is 9.84. The zero-order valence-corrected chi connectivity index (χ0v) is 21.4. The van der Waals surface area contributed by atoms with E-state index in [0.29, 0.717) is 42.5 Å². The molecule has 0 unspecified atom stereocenters. The number of carboxylic acid groups (broad SMARTS) is 1. The number of amides is 1. The Hall–Kier alpha value is -2.87. The van der Waals surface area contributed by atoms with Crippen molar-refractivity contribution in [3.8, 4) is 5.75 Å². The van der Waals surface area contributed by atoms with Crippen LogP contribution in [0.2, 0.25) is 5.02 Å². The Labute approximate surface area is 217 Å². The quantitative estimate of drug-likeness (QED) is 0.505. The monoisotopic (exact) mass is 565 g/mol. The lowest BCUT2D eigenvalue weighted by atomic mass is 10.1. The number of nitrogens with one attached hydrogen (secondary N) is 1. The second-order valence-electron chi connectivity index (χ2n) is 7.85. The molecule has 1 amide bonds. The van der Waals surface area contributed by atoms with Gasteiger partial charge in [0.05, 0.1) is 12.9 Å². The van der Waals surface area contributed by atoms with E-state index in [1.165, 1.54) is 4.31 Å². The van der Waals surface area contributed by atoms with Gasteiger partial charge in [-0.1, -0.05) is 23.7 Å². The fraction of sp³-hybridized carbons (Fsp3) is 0.391. The Morgan fingerprint density at radius 2 is 1.73 bits per heavy atom. The molecule has 0 aliphatic carbocycles. The van der Waals surface area contributed by atoms with E-state index < -0.39 is 22.2 Å². The number of alkyl halides is 3. The summed E-state index contributed by atoms with van der Waals surface area (Å²) in [6.07, 6.45) is -5.08. The van der Waals surface area contributed by atoms with Crippen molar-refractivity contribution in [1.29, 1.82) is 0 Å². The van der Waals surface area contributed by atoms with Gasteiger partial charge < -0.3 is 20.1 Å². The second kappa shape index (κ2) is 13.6. The molecule has 1 aliphatic rings. The molecule has 0 atom stereocenters. The molecular formula is C23H27ClF3N3O6S. The lowest BCUT2D eigenvalue weighted by Gasteiger charge is -2.28. The minimum atomic E-state index is -5.08. The van der Waals surface area contributed by atoms with Gasteiger partial charge in [0, 0.05) is 49.9 Å². The van der Waals surface area contributed by atoms with E-state index in [0.717, 1.165) is 5.56 Å². The third-order valence-electron chi connectivity index (χ3n) is 5.22. The van der Waals surface area contributed by atoms with E-state index in [1.54, 1.807) is 36.3 Å². The number of rotatable bonds is 8. The molecule has 2 aromatic rings. The highest BCUT2D eigenvalue weighted by Crippen LogP contribution is 2.18. The van der Waals surface area contributed by atoms with Crippen LogP contribution >= 0.6 is 11.6 Å². The summed E-state index contributed by atoms with van der Waals surface area (Å²) in [7, 11) is -1.87. The second-order valence-corrected chi connectivity index (χ2v) is 10.4. The first-order chi connectivity index (χ1) is 17.3. The zero-order valence-electron chi connectivity index (χ0n) is 19.9. The zero-order chi connectivity index (χ0) is 27.6. The molecule has 204 valence electrons. The molecule has 0 bridgehead atoms. The maximum Gasteiger partial charge on any atom is 0.490 e. The Kier molecular flexibility index (Phi) is 11.2. The SMILES string of the molecule is COc1cccc(CN(CCS(=O)(=O)N2CCNCC2)C(=O)c2ccc(Cl)cc2)c1.O=C(O)C(F)(F)F. The van der Waals surface area contributed by atoms with Gasteiger partial charge in [-0.2, -0.15) is 17.5 Å². The Balaban J connectivity index is 0.000000604. The normalized spacial score (nSPS) is 14.3. The van der Waals surface area contributed by atoms with Gasteiger partial charge in [-0.15, -0.1) is 0 Å². The van der Waals surface area contributed by atoms with Crippen molar-refractivity contribution in [2.24, 2.45) is 0 Å². The molecule has 1 heterocycles. The van der Waals surface area contributed by atoms with Gasteiger partial charge in [-0.25, -0.2) is 13.2 Å². The van der Waals surface area contributed by atoms with Crippen molar-refractivity contribution in [2.75, 3.05) is 45.6 Å². The van der Waals surface area contributed by atoms with Gasteiger partial charge in [-0.3, -0.25) is 4.79 Å². The first-order valence-electron chi connectivity index (χ1n) is 11.0. The molecule has 1 fully saturated rings. The molecule has 2 aromatic carbocycles. The molecule has 0 spiro atoms. The molecule has 9 nitrogen and oxygen atoms in total. The predicted molar refractivity (Wildman–Crippen MR) is 131 cm³/mol. The number of carbonyl (C=O) groups excluding carboxylic acids is 1. The number of nitrogens with zero attached hydrogens (tertiary/aromatic N) is 2. The van der Waals surface area contributed by atoms with Crippen LogP contribution in [-0.2, 0) is 21.4 Å². The summed E-state index contributed by atoms with van der Waals surface area (Å²) >= 11 is 5.94. The minimum absolute atomic E-state index is 0.0882. The minimum Gasteiger partial charge on any atom is -0.497 e. The van der Waals surface area contributed by atoms with Crippen molar-refractivity contribution < 1.29 is 41.0 Å². The molecule has 0 radical (unpaired) electrons. The molecule has 1 aliphatic heterocycles. The van der Waals surface area contributed by atoms with Gasteiger partial charge in [-0.05, 0) is 42.0 Å². The molecule has 0 aromatic heterocycles. The topological polar surface area (TPSA) is 116 Å². The number of halogens is 4. The number of carboxylic acids is 1. The lowest BCUT2D eigenvalue weighted by Crippen LogP contribution is -2.48. The Morgan fingerprint density at radius 1 is 1.14 bits per heavy atom. The number of methoxy groups -OCH3 is 1. The predicted octanol–water partition coefficient (Wildman–Crippen LogP) is 2.86. The fourth-order valence-corrected chi connectivity index (χ4v) is 4.87. The number of carbonyl (C=O) groups is 2. The molecular weight excluding hydrogens is 539 g/mol. The Bertz CT molecular complexity index is 1160. The summed E-state index contributed by atoms with van der Waals surface area (Å²) in [5.74, 6) is -2.45. The average Bonchev–Trinajstić information content (AvgIpc) is 2.87. The molecule has 14 heteroatoms. The lowest BCUT2D eigenvalue weighted by molar-refractivity contribution is -0.192. The fourth-order valence-electron chi connectivity index (χ4n) is 3.30. The number of piperazine rings is 1. The summed E-state index contributed by atoms with van der Waals surface area (Å²) in [6.45, 7) is 2.53. The van der Waals surface area contributed by atoms with Gasteiger partial charge in [0.2, 0.25) is 10.0 Å². The highest BCUT2D eigenvalue weighted by atomic mass is 35.5. The Morgan fingerprint density at radius 3 is 2.27 bits per heavy atom. The summed E-state index contributed by atoms with van der Waals surface area (Å²) < 4.78 is 64.0. The van der Waals surface area contributed by atoms with Crippen LogP contribution in [0.4, 0.5) is 13.2 Å². The average molecular weight is 566 g/mol. The number of hydrogen-bond acceptors (Lipinski definition) is 6. The van der Waals surface area contributed by atoms with E-state index in [1.807, 2.05) is 24.3 Å². The van der Waals surface area contributed by atoms with Crippen molar-refractivity contribution >= 4 is 33.5 Å². The number of benzene rings is 2. The largest absolute Gasteiger partial charge is 0.497 e. The number of hydrogen-bond donors (Lipinski definition) is 2. The van der Waals surface area contributed by atoms with Crippen molar-refractivity contribution in [2.45, 2.75) is 12.7 Å².